The van der Waals surface area contributed by atoms with Crippen molar-refractivity contribution >= 4 is 5.91 Å². The zero-order valence-corrected chi connectivity index (χ0v) is 11.6. The maximum absolute atomic E-state index is 11.7. The number of rotatable bonds is 3. The Balaban J connectivity index is 2.38. The molecule has 5 heteroatoms. The van der Waals surface area contributed by atoms with Crippen LogP contribution in [-0.4, -0.2) is 33.2 Å². The second kappa shape index (κ2) is 5.93. The summed E-state index contributed by atoms with van der Waals surface area (Å²) in [6, 6.07) is 3.84. The molecule has 1 aromatic carbocycles. The zero-order valence-electron chi connectivity index (χ0n) is 11.6. The largest absolute Gasteiger partial charge is 0.496 e. The van der Waals surface area contributed by atoms with E-state index in [9.17, 15) is 4.79 Å². The number of amides is 1. The van der Waals surface area contributed by atoms with Crippen LogP contribution in [0.2, 0.25) is 0 Å². The first-order valence-electron chi connectivity index (χ1n) is 6.38. The Labute approximate surface area is 113 Å². The van der Waals surface area contributed by atoms with Crippen LogP contribution in [0.1, 0.15) is 23.6 Å². The molecule has 2 N–H and O–H groups in total. The molecule has 5 nitrogen and oxygen atoms in total. The molecule has 1 aliphatic heterocycles. The first kappa shape index (κ1) is 13.7. The number of nitrogens with one attached hydrogen (secondary N) is 2. The first-order chi connectivity index (χ1) is 9.15. The molecule has 0 spiro atoms. The molecule has 0 aromatic heterocycles. The lowest BCUT2D eigenvalue weighted by Gasteiger charge is -2.20. The molecule has 1 amide bonds. The van der Waals surface area contributed by atoms with Crippen LogP contribution in [0.25, 0.3) is 0 Å². The Kier molecular flexibility index (Phi) is 4.27. The second-order valence-corrected chi connectivity index (χ2v) is 4.62. The third-order valence-corrected chi connectivity index (χ3v) is 3.35. The van der Waals surface area contributed by atoms with Gasteiger partial charge in [-0.1, -0.05) is 0 Å². The predicted molar refractivity (Wildman–Crippen MR) is 72.7 cm³/mol. The van der Waals surface area contributed by atoms with Gasteiger partial charge in [-0.05, 0) is 24.6 Å². The maximum Gasteiger partial charge on any atom is 0.221 e. The Morgan fingerprint density at radius 2 is 1.89 bits per heavy atom. The molecule has 1 aromatic rings. The van der Waals surface area contributed by atoms with E-state index in [1.807, 2.05) is 19.1 Å². The number of aryl methyl sites for hydroxylation is 1. The normalized spacial score (nSPS) is 19.5. The van der Waals surface area contributed by atoms with Crippen molar-refractivity contribution in [3.05, 3.63) is 23.3 Å². The van der Waals surface area contributed by atoms with E-state index >= 15 is 0 Å². The average molecular weight is 264 g/mol. The van der Waals surface area contributed by atoms with Crippen molar-refractivity contribution in [2.75, 3.05) is 27.3 Å². The summed E-state index contributed by atoms with van der Waals surface area (Å²) in [7, 11) is 3.29. The molecule has 1 fully saturated rings. The van der Waals surface area contributed by atoms with Crippen molar-refractivity contribution < 1.29 is 14.3 Å². The van der Waals surface area contributed by atoms with Gasteiger partial charge in [-0.15, -0.1) is 0 Å². The summed E-state index contributed by atoms with van der Waals surface area (Å²) in [6.45, 7) is 3.37. The van der Waals surface area contributed by atoms with E-state index < -0.39 is 0 Å². The van der Waals surface area contributed by atoms with E-state index in [0.717, 1.165) is 29.2 Å². The van der Waals surface area contributed by atoms with Gasteiger partial charge >= 0.3 is 0 Å². The van der Waals surface area contributed by atoms with Crippen LogP contribution in [0.3, 0.4) is 0 Å². The Bertz CT molecular complexity index is 474. The number of benzene rings is 1. The van der Waals surface area contributed by atoms with Gasteiger partial charge in [0.25, 0.3) is 0 Å². The Hall–Kier alpha value is -1.75. The SMILES string of the molecule is COc1cc(C2CC(=O)NCCN2)c(OC)cc1C. The van der Waals surface area contributed by atoms with Crippen molar-refractivity contribution in [2.45, 2.75) is 19.4 Å². The molecule has 1 atom stereocenters. The first-order valence-corrected chi connectivity index (χ1v) is 6.38. The summed E-state index contributed by atoms with van der Waals surface area (Å²) < 4.78 is 10.8. The van der Waals surface area contributed by atoms with Crippen molar-refractivity contribution in [1.29, 1.82) is 0 Å². The van der Waals surface area contributed by atoms with Gasteiger partial charge in [-0.25, -0.2) is 0 Å². The van der Waals surface area contributed by atoms with Crippen LogP contribution in [0, 0.1) is 6.92 Å². The highest BCUT2D eigenvalue weighted by molar-refractivity contribution is 5.77. The van der Waals surface area contributed by atoms with Crippen molar-refractivity contribution in [3.63, 3.8) is 0 Å². The Morgan fingerprint density at radius 3 is 2.58 bits per heavy atom. The summed E-state index contributed by atoms with van der Waals surface area (Å²) in [5.41, 5.74) is 1.98. The summed E-state index contributed by atoms with van der Waals surface area (Å²) in [5.74, 6) is 1.64. The number of ether oxygens (including phenoxy) is 2. The highest BCUT2D eigenvalue weighted by atomic mass is 16.5. The summed E-state index contributed by atoms with van der Waals surface area (Å²) in [6.07, 6.45) is 0.405. The number of carbonyl (C=O) groups excluding carboxylic acids is 1. The molecule has 1 aliphatic rings. The molecule has 0 bridgehead atoms. The monoisotopic (exact) mass is 264 g/mol. The molecule has 0 saturated carbocycles. The van der Waals surface area contributed by atoms with Crippen molar-refractivity contribution in [3.8, 4) is 11.5 Å². The van der Waals surface area contributed by atoms with Crippen LogP contribution in [0.15, 0.2) is 12.1 Å². The lowest BCUT2D eigenvalue weighted by Crippen LogP contribution is -2.24. The number of carbonyl (C=O) groups is 1. The maximum atomic E-state index is 11.7. The van der Waals surface area contributed by atoms with Crippen molar-refractivity contribution in [1.82, 2.24) is 10.6 Å². The molecule has 19 heavy (non-hydrogen) atoms. The van der Waals surface area contributed by atoms with E-state index in [-0.39, 0.29) is 11.9 Å². The molecule has 2 rings (SSSR count). The third kappa shape index (κ3) is 2.98. The van der Waals surface area contributed by atoms with E-state index in [2.05, 4.69) is 10.6 Å². The van der Waals surface area contributed by atoms with Gasteiger partial charge in [0.1, 0.15) is 11.5 Å². The lowest BCUT2D eigenvalue weighted by molar-refractivity contribution is -0.121. The number of hydrogen-bond donors (Lipinski definition) is 2. The van der Waals surface area contributed by atoms with Crippen LogP contribution in [0.5, 0.6) is 11.5 Å². The molecule has 0 radical (unpaired) electrons. The van der Waals surface area contributed by atoms with E-state index in [4.69, 9.17) is 9.47 Å². The highest BCUT2D eigenvalue weighted by Crippen LogP contribution is 2.34. The number of hydrogen-bond acceptors (Lipinski definition) is 4. The van der Waals surface area contributed by atoms with Crippen LogP contribution in [0.4, 0.5) is 0 Å². The fourth-order valence-corrected chi connectivity index (χ4v) is 2.34. The van der Waals surface area contributed by atoms with Crippen LogP contribution < -0.4 is 20.1 Å². The quantitative estimate of drug-likeness (QED) is 0.860. The van der Waals surface area contributed by atoms with E-state index in [1.54, 1.807) is 14.2 Å². The van der Waals surface area contributed by atoms with Gasteiger partial charge in [0.15, 0.2) is 0 Å². The lowest BCUT2D eigenvalue weighted by atomic mass is 10.00. The molecule has 1 unspecified atom stereocenters. The Morgan fingerprint density at radius 1 is 1.16 bits per heavy atom. The molecular formula is C14H20N2O3. The van der Waals surface area contributed by atoms with Gasteiger partial charge < -0.3 is 20.1 Å². The zero-order chi connectivity index (χ0) is 13.8. The minimum atomic E-state index is -0.0491. The predicted octanol–water partition coefficient (Wildman–Crippen LogP) is 1.16. The fourth-order valence-electron chi connectivity index (χ4n) is 2.34. The molecular weight excluding hydrogens is 244 g/mol. The van der Waals surface area contributed by atoms with Gasteiger partial charge in [-0.2, -0.15) is 0 Å². The summed E-state index contributed by atoms with van der Waals surface area (Å²) in [5, 5.41) is 6.20. The molecule has 1 saturated heterocycles. The van der Waals surface area contributed by atoms with Gasteiger partial charge in [0.2, 0.25) is 5.91 Å². The smallest absolute Gasteiger partial charge is 0.221 e. The van der Waals surface area contributed by atoms with Gasteiger partial charge in [0, 0.05) is 31.1 Å². The minimum absolute atomic E-state index is 0.0491. The van der Waals surface area contributed by atoms with Crippen molar-refractivity contribution in [2.24, 2.45) is 0 Å². The fraction of sp³-hybridized carbons (Fsp3) is 0.500. The standard InChI is InChI=1S/C14H20N2O3/c1-9-6-13(19-3)10(7-12(9)18-2)11-8-14(17)16-5-4-15-11/h6-7,11,15H,4-5,8H2,1-3H3,(H,16,17). The average Bonchev–Trinajstić information content (AvgIpc) is 2.63. The summed E-state index contributed by atoms with van der Waals surface area (Å²) in [4.78, 5) is 11.7. The highest BCUT2D eigenvalue weighted by Gasteiger charge is 2.22. The van der Waals surface area contributed by atoms with E-state index in [1.165, 1.54) is 0 Å². The summed E-state index contributed by atoms with van der Waals surface area (Å²) >= 11 is 0. The molecule has 1 heterocycles. The van der Waals surface area contributed by atoms with E-state index in [0.29, 0.717) is 13.0 Å². The minimum Gasteiger partial charge on any atom is -0.496 e. The third-order valence-electron chi connectivity index (χ3n) is 3.35. The van der Waals surface area contributed by atoms with Gasteiger partial charge in [0.05, 0.1) is 14.2 Å². The van der Waals surface area contributed by atoms with Crippen LogP contribution >= 0.6 is 0 Å². The number of methoxy groups -OCH3 is 2. The van der Waals surface area contributed by atoms with Crippen LogP contribution in [-0.2, 0) is 4.79 Å². The van der Waals surface area contributed by atoms with Gasteiger partial charge in [-0.3, -0.25) is 4.79 Å². The second-order valence-electron chi connectivity index (χ2n) is 4.62. The molecule has 104 valence electrons. The molecule has 0 aliphatic carbocycles. The topological polar surface area (TPSA) is 59.6 Å².